The summed E-state index contributed by atoms with van der Waals surface area (Å²) >= 11 is 0. The minimum Gasteiger partial charge on any atom is -0.307 e. The summed E-state index contributed by atoms with van der Waals surface area (Å²) in [6, 6.07) is 4.16. The van der Waals surface area contributed by atoms with Crippen molar-refractivity contribution in [2.24, 2.45) is 0 Å². The van der Waals surface area contributed by atoms with Crippen LogP contribution in [0.1, 0.15) is 24.7 Å². The van der Waals surface area contributed by atoms with Crippen molar-refractivity contribution >= 4 is 0 Å². The number of hydrogen-bond acceptors (Lipinski definition) is 4. The molecule has 0 saturated carbocycles. The smallest absolute Gasteiger partial charge is 0.181 e. The second-order valence-electron chi connectivity index (χ2n) is 3.93. The fourth-order valence-corrected chi connectivity index (χ4v) is 1.98. The summed E-state index contributed by atoms with van der Waals surface area (Å²) in [5.41, 5.74) is 0.996. The normalized spacial score (nSPS) is 20.1. The third-order valence-corrected chi connectivity index (χ3v) is 2.83. The maximum atomic E-state index is 4.51. The topological polar surface area (TPSA) is 66.5 Å². The van der Waals surface area contributed by atoms with Crippen molar-refractivity contribution in [2.75, 3.05) is 6.54 Å². The van der Waals surface area contributed by atoms with Crippen LogP contribution in [0.2, 0.25) is 0 Å². The van der Waals surface area contributed by atoms with Gasteiger partial charge in [-0.05, 0) is 31.5 Å². The molecule has 3 heterocycles. The molecule has 5 nitrogen and oxygen atoms in total. The fourth-order valence-electron chi connectivity index (χ4n) is 1.98. The molecule has 2 N–H and O–H groups in total. The van der Waals surface area contributed by atoms with Crippen LogP contribution in [0, 0.1) is 0 Å². The molecule has 16 heavy (non-hydrogen) atoms. The molecular weight excluding hydrogens is 202 g/mol. The molecule has 0 radical (unpaired) electrons. The van der Waals surface area contributed by atoms with E-state index in [9.17, 15) is 0 Å². The zero-order valence-electron chi connectivity index (χ0n) is 8.85. The average molecular weight is 215 g/mol. The average Bonchev–Trinajstić information content (AvgIpc) is 3.01. The van der Waals surface area contributed by atoms with Crippen LogP contribution >= 0.6 is 0 Å². The van der Waals surface area contributed by atoms with E-state index in [1.165, 1.54) is 6.42 Å². The summed E-state index contributed by atoms with van der Waals surface area (Å²) in [4.78, 5) is 8.48. The number of aromatic amines is 1. The van der Waals surface area contributed by atoms with E-state index in [0.29, 0.717) is 6.04 Å². The molecule has 0 aliphatic carbocycles. The molecule has 1 saturated heterocycles. The van der Waals surface area contributed by atoms with Gasteiger partial charge in [0.2, 0.25) is 0 Å². The highest BCUT2D eigenvalue weighted by Gasteiger charge is 2.19. The molecule has 82 valence electrons. The van der Waals surface area contributed by atoms with Crippen LogP contribution in [0.4, 0.5) is 0 Å². The Kier molecular flexibility index (Phi) is 2.38. The number of aromatic nitrogens is 4. The van der Waals surface area contributed by atoms with Crippen LogP contribution in [0.15, 0.2) is 24.5 Å². The van der Waals surface area contributed by atoms with Gasteiger partial charge in [-0.1, -0.05) is 0 Å². The molecule has 1 aliphatic rings. The van der Waals surface area contributed by atoms with Gasteiger partial charge in [0.05, 0.1) is 6.04 Å². The summed E-state index contributed by atoms with van der Waals surface area (Å²) in [5.74, 6) is 1.68. The first-order chi connectivity index (χ1) is 7.93. The molecule has 0 bridgehead atoms. The number of nitrogens with zero attached hydrogens (tertiary/aromatic N) is 3. The largest absolute Gasteiger partial charge is 0.307 e. The highest BCUT2D eigenvalue weighted by molar-refractivity contribution is 5.52. The Morgan fingerprint density at radius 2 is 2.12 bits per heavy atom. The summed E-state index contributed by atoms with van der Waals surface area (Å²) in [7, 11) is 0. The Morgan fingerprint density at radius 3 is 2.88 bits per heavy atom. The van der Waals surface area contributed by atoms with E-state index in [4.69, 9.17) is 0 Å². The quantitative estimate of drug-likeness (QED) is 0.792. The first-order valence-corrected chi connectivity index (χ1v) is 5.49. The lowest BCUT2D eigenvalue weighted by atomic mass is 10.2. The van der Waals surface area contributed by atoms with Gasteiger partial charge in [0.25, 0.3) is 0 Å². The Hall–Kier alpha value is -1.75. The SMILES string of the molecule is c1cc(-c2n[nH]c([C@@H]3CCCN3)n2)ccn1. The standard InChI is InChI=1S/C11H13N5/c1-2-9(13-5-1)11-14-10(15-16-11)8-3-6-12-7-4-8/h3-4,6-7,9,13H,1-2,5H2,(H,14,15,16)/t9-/m0/s1. The lowest BCUT2D eigenvalue weighted by molar-refractivity contribution is 0.608. The van der Waals surface area contributed by atoms with Crippen molar-refractivity contribution in [1.82, 2.24) is 25.5 Å². The Morgan fingerprint density at radius 1 is 1.25 bits per heavy atom. The van der Waals surface area contributed by atoms with E-state index in [1.54, 1.807) is 12.4 Å². The van der Waals surface area contributed by atoms with E-state index in [1.807, 2.05) is 12.1 Å². The van der Waals surface area contributed by atoms with Gasteiger partial charge in [-0.3, -0.25) is 10.1 Å². The van der Waals surface area contributed by atoms with Crippen molar-refractivity contribution in [3.63, 3.8) is 0 Å². The van der Waals surface area contributed by atoms with Crippen LogP contribution in [0.3, 0.4) is 0 Å². The van der Waals surface area contributed by atoms with Crippen molar-refractivity contribution in [3.8, 4) is 11.4 Å². The first kappa shape index (κ1) is 9.47. The van der Waals surface area contributed by atoms with Crippen molar-refractivity contribution in [3.05, 3.63) is 30.4 Å². The fraction of sp³-hybridized carbons (Fsp3) is 0.364. The molecule has 0 amide bonds. The van der Waals surface area contributed by atoms with Crippen molar-refractivity contribution < 1.29 is 0 Å². The lowest BCUT2D eigenvalue weighted by Gasteiger charge is -2.03. The molecule has 3 rings (SSSR count). The molecule has 0 spiro atoms. The van der Waals surface area contributed by atoms with Crippen LogP contribution in [0.5, 0.6) is 0 Å². The third kappa shape index (κ3) is 1.69. The summed E-state index contributed by atoms with van der Waals surface area (Å²) in [6.07, 6.45) is 5.83. The predicted molar refractivity (Wildman–Crippen MR) is 59.6 cm³/mol. The molecule has 2 aromatic heterocycles. The summed E-state index contributed by atoms with van der Waals surface area (Å²) < 4.78 is 0. The maximum absolute atomic E-state index is 4.51. The summed E-state index contributed by atoms with van der Waals surface area (Å²) in [5, 5.41) is 10.6. The zero-order chi connectivity index (χ0) is 10.8. The summed E-state index contributed by atoms with van der Waals surface area (Å²) in [6.45, 7) is 1.07. The van der Waals surface area contributed by atoms with Gasteiger partial charge in [0, 0.05) is 18.0 Å². The minimum absolute atomic E-state index is 0.336. The second kappa shape index (κ2) is 4.02. The van der Waals surface area contributed by atoms with Crippen molar-refractivity contribution in [1.29, 1.82) is 0 Å². The Labute approximate surface area is 93.3 Å². The molecule has 2 aromatic rings. The van der Waals surface area contributed by atoms with Gasteiger partial charge >= 0.3 is 0 Å². The Balaban J connectivity index is 1.87. The Bertz CT molecular complexity index is 458. The van der Waals surface area contributed by atoms with E-state index >= 15 is 0 Å². The second-order valence-corrected chi connectivity index (χ2v) is 3.93. The van der Waals surface area contributed by atoms with Crippen molar-refractivity contribution in [2.45, 2.75) is 18.9 Å². The van der Waals surface area contributed by atoms with Crippen LogP contribution in [0.25, 0.3) is 11.4 Å². The number of nitrogens with one attached hydrogen (secondary N) is 2. The molecule has 5 heteroatoms. The monoisotopic (exact) mass is 215 g/mol. The predicted octanol–water partition coefficient (Wildman–Crippen LogP) is 1.29. The molecule has 1 aliphatic heterocycles. The first-order valence-electron chi connectivity index (χ1n) is 5.49. The van der Waals surface area contributed by atoms with Gasteiger partial charge < -0.3 is 5.32 Å². The van der Waals surface area contributed by atoms with Crippen LogP contribution < -0.4 is 5.32 Å². The van der Waals surface area contributed by atoms with E-state index < -0.39 is 0 Å². The van der Waals surface area contributed by atoms with Gasteiger partial charge in [0.1, 0.15) is 5.82 Å². The number of pyridine rings is 1. The number of rotatable bonds is 2. The number of hydrogen-bond donors (Lipinski definition) is 2. The van der Waals surface area contributed by atoms with Crippen LogP contribution in [-0.2, 0) is 0 Å². The third-order valence-electron chi connectivity index (χ3n) is 2.83. The van der Waals surface area contributed by atoms with E-state index in [0.717, 1.165) is 30.2 Å². The van der Waals surface area contributed by atoms with Gasteiger partial charge in [-0.2, -0.15) is 5.10 Å². The number of H-pyrrole nitrogens is 1. The van der Waals surface area contributed by atoms with E-state index in [2.05, 4.69) is 25.5 Å². The minimum atomic E-state index is 0.336. The van der Waals surface area contributed by atoms with Gasteiger partial charge in [-0.15, -0.1) is 0 Å². The molecule has 0 aromatic carbocycles. The molecule has 1 atom stereocenters. The van der Waals surface area contributed by atoms with Crippen LogP contribution in [-0.4, -0.2) is 26.7 Å². The molecule has 0 unspecified atom stereocenters. The maximum Gasteiger partial charge on any atom is 0.181 e. The molecule has 1 fully saturated rings. The lowest BCUT2D eigenvalue weighted by Crippen LogP contribution is -2.14. The molecular formula is C11H13N5. The highest BCUT2D eigenvalue weighted by atomic mass is 15.2. The van der Waals surface area contributed by atoms with Gasteiger partial charge in [0.15, 0.2) is 5.82 Å². The van der Waals surface area contributed by atoms with Gasteiger partial charge in [-0.25, -0.2) is 4.98 Å². The highest BCUT2D eigenvalue weighted by Crippen LogP contribution is 2.21. The van der Waals surface area contributed by atoms with E-state index in [-0.39, 0.29) is 0 Å². The zero-order valence-corrected chi connectivity index (χ0v) is 8.85.